The van der Waals surface area contributed by atoms with Crippen LogP contribution in [-0.4, -0.2) is 52.2 Å². The molecule has 1 amide bonds. The molecule has 0 unspecified atom stereocenters. The van der Waals surface area contributed by atoms with Gasteiger partial charge in [-0.05, 0) is 75.6 Å². The molecule has 9 heteroatoms. The van der Waals surface area contributed by atoms with Gasteiger partial charge in [-0.3, -0.25) is 14.6 Å². The highest BCUT2D eigenvalue weighted by Crippen LogP contribution is 2.34. The van der Waals surface area contributed by atoms with E-state index in [1.54, 1.807) is 26.2 Å². The van der Waals surface area contributed by atoms with Crippen molar-refractivity contribution in [1.29, 1.82) is 0 Å². The Morgan fingerprint density at radius 1 is 0.951 bits per heavy atom. The first-order chi connectivity index (χ1) is 19.7. The van der Waals surface area contributed by atoms with Crippen molar-refractivity contribution in [3.63, 3.8) is 0 Å². The van der Waals surface area contributed by atoms with Crippen molar-refractivity contribution in [2.24, 2.45) is 5.41 Å². The summed E-state index contributed by atoms with van der Waals surface area (Å²) in [7, 11) is 0. The molecule has 0 spiro atoms. The quantitative estimate of drug-likeness (QED) is 0.326. The fourth-order valence-electron chi connectivity index (χ4n) is 5.04. The van der Waals surface area contributed by atoms with Crippen LogP contribution in [0.3, 0.4) is 0 Å². The molecule has 5 rings (SSSR count). The first-order valence-corrected chi connectivity index (χ1v) is 14.4. The normalized spacial score (nSPS) is 17.4. The van der Waals surface area contributed by atoms with Crippen molar-refractivity contribution in [3.05, 3.63) is 72.1 Å². The van der Waals surface area contributed by atoms with Crippen LogP contribution in [0.15, 0.2) is 60.9 Å². The van der Waals surface area contributed by atoms with Crippen molar-refractivity contribution in [2.45, 2.75) is 71.0 Å². The van der Waals surface area contributed by atoms with Crippen LogP contribution in [-0.2, 0) is 22.4 Å². The summed E-state index contributed by atoms with van der Waals surface area (Å²) in [6, 6.07) is 15.3. The number of piperidine rings is 1. The lowest BCUT2D eigenvalue weighted by Crippen LogP contribution is -2.41. The number of carboxylic acid groups (broad SMARTS) is 1. The number of ether oxygens (including phenoxy) is 2. The SMILES string of the molecule is CC(C)(Cc1ccc(CC(=O)Nc2cncc(N3CCC[C@@H](Oc4ccccc4OC4CCC4)C3)n2)cc1)C(=O)O. The zero-order valence-electron chi connectivity index (χ0n) is 23.7. The lowest BCUT2D eigenvalue weighted by molar-refractivity contribution is -0.146. The number of benzene rings is 2. The Kier molecular flexibility index (Phi) is 8.71. The fourth-order valence-corrected chi connectivity index (χ4v) is 5.04. The molecular weight excluding hydrogens is 520 g/mol. The van der Waals surface area contributed by atoms with E-state index >= 15 is 0 Å². The molecule has 0 bridgehead atoms. The van der Waals surface area contributed by atoms with Crippen LogP contribution < -0.4 is 19.7 Å². The molecular formula is C32H38N4O5. The van der Waals surface area contributed by atoms with E-state index in [0.29, 0.717) is 24.6 Å². The molecule has 0 radical (unpaired) electrons. The van der Waals surface area contributed by atoms with Gasteiger partial charge in [0.15, 0.2) is 17.3 Å². The Morgan fingerprint density at radius 2 is 1.61 bits per heavy atom. The van der Waals surface area contributed by atoms with Gasteiger partial charge >= 0.3 is 5.97 Å². The summed E-state index contributed by atoms with van der Waals surface area (Å²) in [5, 5.41) is 12.2. The number of carbonyl (C=O) groups excluding carboxylic acids is 1. The van der Waals surface area contributed by atoms with Crippen molar-refractivity contribution in [3.8, 4) is 11.5 Å². The summed E-state index contributed by atoms with van der Waals surface area (Å²) in [4.78, 5) is 35.3. The van der Waals surface area contributed by atoms with Gasteiger partial charge in [-0.25, -0.2) is 4.98 Å². The van der Waals surface area contributed by atoms with Crippen LogP contribution in [0.4, 0.5) is 11.6 Å². The molecule has 1 aliphatic heterocycles. The highest BCUT2D eigenvalue weighted by Gasteiger charge is 2.28. The standard InChI is InChI=1S/C32H38N4O5/c1-32(2,31(38)39)18-23-14-12-22(13-15-23)17-30(37)35-28-19-33-20-29(34-28)36-16-6-9-25(21-36)41-27-11-4-3-10-26(27)40-24-7-5-8-24/h3-4,10-15,19-20,24-25H,5-9,16-18,21H2,1-2H3,(H,38,39)(H,34,35,37)/t25-/m1/s1. The maximum absolute atomic E-state index is 12.8. The van der Waals surface area contributed by atoms with Gasteiger partial charge in [0.25, 0.3) is 0 Å². The number of nitrogens with one attached hydrogen (secondary N) is 1. The largest absolute Gasteiger partial charge is 0.487 e. The Balaban J connectivity index is 1.16. The third kappa shape index (κ3) is 7.54. The molecule has 2 aromatic carbocycles. The number of hydrogen-bond donors (Lipinski definition) is 2. The van der Waals surface area contributed by atoms with E-state index in [1.807, 2.05) is 48.5 Å². The maximum Gasteiger partial charge on any atom is 0.309 e. The van der Waals surface area contributed by atoms with E-state index in [2.05, 4.69) is 20.2 Å². The molecule has 3 aromatic rings. The maximum atomic E-state index is 12.8. The predicted molar refractivity (Wildman–Crippen MR) is 157 cm³/mol. The number of anilines is 2. The molecule has 1 aromatic heterocycles. The van der Waals surface area contributed by atoms with E-state index in [-0.39, 0.29) is 24.5 Å². The van der Waals surface area contributed by atoms with Crippen LogP contribution in [0.2, 0.25) is 0 Å². The average molecular weight is 559 g/mol. The van der Waals surface area contributed by atoms with Crippen molar-refractivity contribution < 1.29 is 24.2 Å². The fraction of sp³-hybridized carbons (Fsp3) is 0.438. The van der Waals surface area contributed by atoms with Gasteiger partial charge in [-0.2, -0.15) is 0 Å². The van der Waals surface area contributed by atoms with Gasteiger partial charge < -0.3 is 24.8 Å². The molecule has 2 fully saturated rings. The first-order valence-electron chi connectivity index (χ1n) is 14.4. The molecule has 2 aliphatic rings. The van der Waals surface area contributed by atoms with E-state index in [0.717, 1.165) is 54.9 Å². The average Bonchev–Trinajstić information content (AvgIpc) is 2.93. The smallest absolute Gasteiger partial charge is 0.309 e. The van der Waals surface area contributed by atoms with Gasteiger partial charge in [-0.1, -0.05) is 36.4 Å². The second-order valence-electron chi connectivity index (χ2n) is 11.6. The highest BCUT2D eigenvalue weighted by molar-refractivity contribution is 5.91. The number of hydrogen-bond acceptors (Lipinski definition) is 7. The van der Waals surface area contributed by atoms with Crippen LogP contribution >= 0.6 is 0 Å². The van der Waals surface area contributed by atoms with Crippen LogP contribution in [0.1, 0.15) is 57.1 Å². The van der Waals surface area contributed by atoms with Gasteiger partial charge in [0, 0.05) is 6.54 Å². The minimum atomic E-state index is -0.850. The predicted octanol–water partition coefficient (Wildman–Crippen LogP) is 5.29. The minimum absolute atomic E-state index is 0.0148. The summed E-state index contributed by atoms with van der Waals surface area (Å²) in [6.45, 7) is 4.90. The number of aliphatic carboxylic acids is 1. The lowest BCUT2D eigenvalue weighted by atomic mass is 9.86. The lowest BCUT2D eigenvalue weighted by Gasteiger charge is -2.34. The Labute approximate surface area is 240 Å². The summed E-state index contributed by atoms with van der Waals surface area (Å²) >= 11 is 0. The Hall–Kier alpha value is -4.14. The topological polar surface area (TPSA) is 114 Å². The minimum Gasteiger partial charge on any atom is -0.487 e. The zero-order chi connectivity index (χ0) is 28.8. The monoisotopic (exact) mass is 558 g/mol. The number of rotatable bonds is 11. The molecule has 9 nitrogen and oxygen atoms in total. The summed E-state index contributed by atoms with van der Waals surface area (Å²) in [5.74, 6) is 1.64. The molecule has 2 heterocycles. The molecule has 2 N–H and O–H groups in total. The van der Waals surface area contributed by atoms with E-state index in [1.165, 1.54) is 6.42 Å². The highest BCUT2D eigenvalue weighted by atomic mass is 16.5. The number of amides is 1. The zero-order valence-corrected chi connectivity index (χ0v) is 23.7. The number of nitrogens with zero attached hydrogens (tertiary/aromatic N) is 3. The summed E-state index contributed by atoms with van der Waals surface area (Å²) in [5.41, 5.74) is 0.900. The molecule has 1 atom stereocenters. The first kappa shape index (κ1) is 28.4. The van der Waals surface area contributed by atoms with Gasteiger partial charge in [0.05, 0.1) is 36.9 Å². The molecule has 1 aliphatic carbocycles. The van der Waals surface area contributed by atoms with E-state index in [9.17, 15) is 14.7 Å². The molecule has 1 saturated carbocycles. The summed E-state index contributed by atoms with van der Waals surface area (Å²) < 4.78 is 12.5. The number of carboxylic acids is 1. The summed E-state index contributed by atoms with van der Waals surface area (Å²) in [6.07, 6.45) is 9.41. The van der Waals surface area contributed by atoms with Gasteiger partial charge in [0.2, 0.25) is 5.91 Å². The molecule has 216 valence electrons. The number of aromatic nitrogens is 2. The van der Waals surface area contributed by atoms with Crippen LogP contribution in [0.5, 0.6) is 11.5 Å². The third-order valence-electron chi connectivity index (χ3n) is 7.69. The second-order valence-corrected chi connectivity index (χ2v) is 11.6. The second kappa shape index (κ2) is 12.6. The number of para-hydroxylation sites is 2. The third-order valence-corrected chi connectivity index (χ3v) is 7.69. The van der Waals surface area contributed by atoms with E-state index in [4.69, 9.17) is 9.47 Å². The number of carbonyl (C=O) groups is 2. The van der Waals surface area contributed by atoms with Gasteiger partial charge in [-0.15, -0.1) is 0 Å². The van der Waals surface area contributed by atoms with Crippen LogP contribution in [0, 0.1) is 5.41 Å². The van der Waals surface area contributed by atoms with Crippen molar-refractivity contribution in [1.82, 2.24) is 9.97 Å². The van der Waals surface area contributed by atoms with Crippen LogP contribution in [0.25, 0.3) is 0 Å². The Bertz CT molecular complexity index is 1360. The molecule has 1 saturated heterocycles. The van der Waals surface area contributed by atoms with Crippen molar-refractivity contribution >= 4 is 23.5 Å². The molecule has 41 heavy (non-hydrogen) atoms. The van der Waals surface area contributed by atoms with E-state index < -0.39 is 11.4 Å². The Morgan fingerprint density at radius 3 is 2.27 bits per heavy atom. The van der Waals surface area contributed by atoms with Crippen molar-refractivity contribution in [2.75, 3.05) is 23.3 Å². The van der Waals surface area contributed by atoms with Gasteiger partial charge in [0.1, 0.15) is 11.9 Å².